The standard InChI is InChI=1S/C32H40O13/c1-11-15(2)21(35)43-19-14-29(26(6,7)39,13-12-20(34)40-10)16(3)31-23(42-18(5)33)27(8)22(36)30(28(19,31)9)24(37)41-17(4)32(30,45-31)25(38)44-27/h11,17,19,23,39H,3,12-14H2,1-2,4-10H3/b15-11-/t17-,19-,23-,27+,28-,29+,30+,31+,32-/m0/s1. The molecule has 3 saturated heterocycles. The van der Waals surface area contributed by atoms with Gasteiger partial charge in [0.2, 0.25) is 17.0 Å². The lowest BCUT2D eigenvalue weighted by molar-refractivity contribution is -0.271. The van der Waals surface area contributed by atoms with E-state index in [1.807, 2.05) is 0 Å². The third-order valence-corrected chi connectivity index (χ3v) is 11.5. The van der Waals surface area contributed by atoms with Crippen LogP contribution in [-0.4, -0.2) is 88.6 Å². The van der Waals surface area contributed by atoms with Crippen molar-refractivity contribution >= 4 is 35.6 Å². The Bertz CT molecular complexity index is 1490. The van der Waals surface area contributed by atoms with E-state index in [-0.39, 0.29) is 30.4 Å². The first-order valence-electron chi connectivity index (χ1n) is 14.9. The zero-order valence-corrected chi connectivity index (χ0v) is 27.0. The van der Waals surface area contributed by atoms with Crippen molar-refractivity contribution in [3.8, 4) is 0 Å². The molecule has 13 nitrogen and oxygen atoms in total. The van der Waals surface area contributed by atoms with Crippen LogP contribution in [0, 0.1) is 16.2 Å². The Labute approximate surface area is 260 Å². The van der Waals surface area contributed by atoms with Crippen LogP contribution in [0.25, 0.3) is 0 Å². The monoisotopic (exact) mass is 632 g/mol. The molecular formula is C32H40O13. The summed E-state index contributed by atoms with van der Waals surface area (Å²) in [6.07, 6.45) is -3.77. The molecule has 0 unspecified atom stereocenters. The van der Waals surface area contributed by atoms with Crippen molar-refractivity contribution in [2.75, 3.05) is 7.11 Å². The van der Waals surface area contributed by atoms with Gasteiger partial charge in [0.05, 0.1) is 18.1 Å². The molecule has 3 bridgehead atoms. The third kappa shape index (κ3) is 3.30. The predicted octanol–water partition coefficient (Wildman–Crippen LogP) is 1.81. The number of fused-ring (bicyclic) bond motifs is 1. The Kier molecular flexibility index (Phi) is 6.91. The summed E-state index contributed by atoms with van der Waals surface area (Å²) in [7, 11) is 1.21. The normalized spacial score (nSPS) is 43.2. The summed E-state index contributed by atoms with van der Waals surface area (Å²) in [5.41, 5.74) is -14.5. The molecule has 13 heteroatoms. The number of carbonyl (C=O) groups excluding carboxylic acids is 6. The molecule has 1 spiro atoms. The molecule has 2 aliphatic carbocycles. The average Bonchev–Trinajstić information content (AvgIpc) is 3.27. The van der Waals surface area contributed by atoms with E-state index in [1.165, 1.54) is 54.7 Å². The lowest BCUT2D eigenvalue weighted by Crippen LogP contribution is -2.85. The van der Waals surface area contributed by atoms with Gasteiger partial charge in [-0.05, 0) is 60.0 Å². The zero-order chi connectivity index (χ0) is 33.9. The van der Waals surface area contributed by atoms with Crippen LogP contribution in [0.3, 0.4) is 0 Å². The molecule has 3 heterocycles. The van der Waals surface area contributed by atoms with Crippen LogP contribution in [0.4, 0.5) is 0 Å². The van der Waals surface area contributed by atoms with Crippen molar-refractivity contribution in [1.82, 2.24) is 0 Å². The molecule has 0 radical (unpaired) electrons. The fraction of sp³-hybridized carbons (Fsp3) is 0.688. The molecule has 1 N–H and O–H groups in total. The molecule has 246 valence electrons. The second-order valence-corrected chi connectivity index (χ2v) is 13.7. The number of allylic oxidation sites excluding steroid dienone is 1. The number of esters is 5. The maximum Gasteiger partial charge on any atom is 0.345 e. The van der Waals surface area contributed by atoms with E-state index in [2.05, 4.69) is 6.58 Å². The van der Waals surface area contributed by atoms with E-state index >= 15 is 0 Å². The Morgan fingerprint density at radius 1 is 1.09 bits per heavy atom. The molecule has 0 amide bonds. The number of hydrogen-bond donors (Lipinski definition) is 1. The number of hydrogen-bond acceptors (Lipinski definition) is 13. The van der Waals surface area contributed by atoms with Gasteiger partial charge in [-0.3, -0.25) is 19.2 Å². The van der Waals surface area contributed by atoms with Gasteiger partial charge in [0.15, 0.2) is 11.5 Å². The van der Waals surface area contributed by atoms with E-state index in [4.69, 9.17) is 28.4 Å². The smallest absolute Gasteiger partial charge is 0.345 e. The molecule has 0 aromatic heterocycles. The average molecular weight is 633 g/mol. The van der Waals surface area contributed by atoms with Crippen LogP contribution in [0.1, 0.15) is 74.7 Å². The van der Waals surface area contributed by atoms with E-state index in [0.29, 0.717) is 0 Å². The lowest BCUT2D eigenvalue weighted by Gasteiger charge is -2.68. The highest BCUT2D eigenvalue weighted by Crippen LogP contribution is 2.82. The quantitative estimate of drug-likeness (QED) is 0.141. The van der Waals surface area contributed by atoms with E-state index in [1.54, 1.807) is 6.92 Å². The van der Waals surface area contributed by atoms with Gasteiger partial charge in [0.1, 0.15) is 17.8 Å². The number of carbonyl (C=O) groups is 6. The molecule has 5 aliphatic rings. The van der Waals surface area contributed by atoms with Crippen molar-refractivity contribution in [1.29, 1.82) is 0 Å². The van der Waals surface area contributed by atoms with Gasteiger partial charge in [-0.1, -0.05) is 19.6 Å². The first-order valence-corrected chi connectivity index (χ1v) is 14.9. The molecule has 0 aromatic carbocycles. The molecule has 0 aromatic rings. The molecular weight excluding hydrogens is 592 g/mol. The first kappa shape index (κ1) is 32.8. The van der Waals surface area contributed by atoms with Crippen molar-refractivity contribution in [2.24, 2.45) is 16.2 Å². The molecule has 2 saturated carbocycles. The fourth-order valence-corrected chi connectivity index (χ4v) is 9.09. The summed E-state index contributed by atoms with van der Waals surface area (Å²) in [4.78, 5) is 82.3. The number of rotatable bonds is 7. The highest BCUT2D eigenvalue weighted by atomic mass is 16.7. The summed E-state index contributed by atoms with van der Waals surface area (Å²) in [6.45, 7) is 15.6. The van der Waals surface area contributed by atoms with Gasteiger partial charge in [-0.2, -0.15) is 0 Å². The molecule has 5 fully saturated rings. The zero-order valence-electron chi connectivity index (χ0n) is 27.0. The van der Waals surface area contributed by atoms with Gasteiger partial charge >= 0.3 is 29.8 Å². The molecule has 5 rings (SSSR count). The molecule has 45 heavy (non-hydrogen) atoms. The maximum atomic E-state index is 14.9. The van der Waals surface area contributed by atoms with Crippen LogP contribution < -0.4 is 0 Å². The number of ketones is 1. The van der Waals surface area contributed by atoms with Gasteiger partial charge in [-0.15, -0.1) is 0 Å². The third-order valence-electron chi connectivity index (χ3n) is 11.5. The van der Waals surface area contributed by atoms with Crippen LogP contribution in [0.15, 0.2) is 23.8 Å². The Morgan fingerprint density at radius 3 is 2.24 bits per heavy atom. The van der Waals surface area contributed by atoms with E-state index in [9.17, 15) is 33.9 Å². The molecule has 9 atom stereocenters. The summed E-state index contributed by atoms with van der Waals surface area (Å²) < 4.78 is 35.2. The fourth-order valence-electron chi connectivity index (χ4n) is 9.09. The highest BCUT2D eigenvalue weighted by molar-refractivity contribution is 6.21. The highest BCUT2D eigenvalue weighted by Gasteiger charge is 3.03. The van der Waals surface area contributed by atoms with Crippen LogP contribution in [0.2, 0.25) is 0 Å². The molecule has 3 aliphatic heterocycles. The second-order valence-electron chi connectivity index (χ2n) is 13.7. The maximum absolute atomic E-state index is 14.9. The van der Waals surface area contributed by atoms with Crippen LogP contribution in [-0.2, 0) is 57.2 Å². The van der Waals surface area contributed by atoms with Crippen LogP contribution in [0.5, 0.6) is 0 Å². The number of Topliss-reactive ketones (excluding diaryl/α,β-unsaturated/α-hetero) is 1. The van der Waals surface area contributed by atoms with Crippen LogP contribution >= 0.6 is 0 Å². The van der Waals surface area contributed by atoms with E-state index in [0.717, 1.165) is 6.92 Å². The van der Waals surface area contributed by atoms with Crippen molar-refractivity contribution in [3.63, 3.8) is 0 Å². The van der Waals surface area contributed by atoms with Crippen molar-refractivity contribution < 1.29 is 62.3 Å². The van der Waals surface area contributed by atoms with Gasteiger partial charge in [0.25, 0.3) is 0 Å². The van der Waals surface area contributed by atoms with Crippen molar-refractivity contribution in [2.45, 2.75) is 115 Å². The Balaban J connectivity index is 1.95. The largest absolute Gasteiger partial charge is 0.469 e. The topological polar surface area (TPSA) is 178 Å². The minimum Gasteiger partial charge on any atom is -0.469 e. The number of aliphatic hydroxyl groups is 1. The summed E-state index contributed by atoms with van der Waals surface area (Å²) in [6, 6.07) is 0. The SMILES string of the molecule is C=C1[C@](CCC(=O)OC)(C(C)(C)O)C[C@H](OC(=O)/C(C)=C\C)[C@@]2(C)[C@@]34C(=O)O[C@@H](C)[C@@]35O[C@@]12[C@@H](OC(C)=O)[C@](C)(OC5=O)C4=O. The van der Waals surface area contributed by atoms with E-state index < -0.39 is 92.6 Å². The van der Waals surface area contributed by atoms with Gasteiger partial charge in [-0.25, -0.2) is 9.59 Å². The van der Waals surface area contributed by atoms with Gasteiger partial charge in [0, 0.05) is 24.3 Å². The minimum atomic E-state index is -2.45. The Hall–Kier alpha value is -3.58. The number of methoxy groups -OCH3 is 1. The predicted molar refractivity (Wildman–Crippen MR) is 151 cm³/mol. The lowest BCUT2D eigenvalue weighted by atomic mass is 9.35. The number of ether oxygens (including phenoxy) is 6. The summed E-state index contributed by atoms with van der Waals surface area (Å²) >= 11 is 0. The Morgan fingerprint density at radius 2 is 1.71 bits per heavy atom. The van der Waals surface area contributed by atoms with Gasteiger partial charge < -0.3 is 33.5 Å². The first-order chi connectivity index (χ1) is 20.7. The number of cyclic esters (lactones) is 1. The summed E-state index contributed by atoms with van der Waals surface area (Å²) in [5.74, 6) is -5.43. The summed E-state index contributed by atoms with van der Waals surface area (Å²) in [5, 5.41) is 12.0. The van der Waals surface area contributed by atoms with Crippen molar-refractivity contribution in [3.05, 3.63) is 23.8 Å². The second kappa shape index (κ2) is 9.47. The minimum absolute atomic E-state index is 0.0281.